The van der Waals surface area contributed by atoms with Crippen LogP contribution in [0.5, 0.6) is 0 Å². The Kier molecular flexibility index (Phi) is 8.40. The van der Waals surface area contributed by atoms with E-state index < -0.39 is 24.0 Å². The molecule has 0 spiro atoms. The Morgan fingerprint density at radius 3 is 1.45 bits per heavy atom. The minimum Gasteiger partial charge on any atom is -0.480 e. The molecule has 8 nitrogen and oxygen atoms in total. The van der Waals surface area contributed by atoms with Gasteiger partial charge in [0.05, 0.1) is 0 Å². The summed E-state index contributed by atoms with van der Waals surface area (Å²) in [6, 6.07) is 13.8. The molecule has 0 fully saturated rings. The summed E-state index contributed by atoms with van der Waals surface area (Å²) in [5.41, 5.74) is 14.9. The minimum atomic E-state index is -0.972. The first-order chi connectivity index (χ1) is 14.4. The van der Waals surface area contributed by atoms with Crippen LogP contribution in [-0.4, -0.2) is 44.2 Å². The van der Waals surface area contributed by atoms with Crippen molar-refractivity contribution in [2.45, 2.75) is 24.9 Å². The number of carbonyl (C=O) groups is 2. The van der Waals surface area contributed by atoms with E-state index in [1.165, 1.54) is 0 Å². The van der Waals surface area contributed by atoms with Gasteiger partial charge in [0.1, 0.15) is 12.1 Å². The smallest absolute Gasteiger partial charge is 0.320 e. The van der Waals surface area contributed by atoms with Gasteiger partial charge in [-0.2, -0.15) is 0 Å². The second-order valence-corrected chi connectivity index (χ2v) is 7.02. The zero-order valence-electron chi connectivity index (χ0n) is 16.5. The molecule has 0 saturated heterocycles. The third kappa shape index (κ3) is 5.95. The van der Waals surface area contributed by atoms with Crippen molar-refractivity contribution in [1.29, 1.82) is 0 Å². The van der Waals surface area contributed by atoms with E-state index in [0.717, 1.165) is 32.9 Å². The molecule has 8 N–H and O–H groups in total. The van der Waals surface area contributed by atoms with Crippen molar-refractivity contribution in [3.63, 3.8) is 0 Å². The number of aliphatic carboxylic acids is 2. The first-order valence-electron chi connectivity index (χ1n) is 9.43. The fraction of sp³-hybridized carbons (Fsp3) is 0.182. The SMILES string of the molecule is N[C@@H](Cc1c[nH]c2ccccc12)C(=O)O.N[C@@H](Cc1c[nH]c2ccccc12)C(=O)O.[Co]. The molecule has 0 aliphatic heterocycles. The standard InChI is InChI=1S/2C11H12N2O2.Co/c2*12-9(11(14)15)5-7-6-13-10-4-2-1-3-8(7)10;/h2*1-4,6,9,13H,5,12H2,(H,14,15);/t2*9-;/m00./s1. The molecular weight excluding hydrogens is 443 g/mol. The van der Waals surface area contributed by atoms with E-state index in [1.54, 1.807) is 0 Å². The summed E-state index contributed by atoms with van der Waals surface area (Å²) in [7, 11) is 0. The molecule has 0 amide bonds. The van der Waals surface area contributed by atoms with Gasteiger partial charge in [-0.15, -0.1) is 0 Å². The van der Waals surface area contributed by atoms with Gasteiger partial charge in [0.2, 0.25) is 0 Å². The quantitative estimate of drug-likeness (QED) is 0.255. The van der Waals surface area contributed by atoms with Crippen LogP contribution in [0.3, 0.4) is 0 Å². The Hall–Kier alpha value is -3.11. The molecular formula is C22H24CoN4O4. The predicted molar refractivity (Wildman–Crippen MR) is 115 cm³/mol. The Balaban J connectivity index is 0.000000213. The van der Waals surface area contributed by atoms with E-state index in [1.807, 2.05) is 60.9 Å². The Morgan fingerprint density at radius 2 is 1.10 bits per heavy atom. The van der Waals surface area contributed by atoms with Crippen LogP contribution in [0.2, 0.25) is 0 Å². The van der Waals surface area contributed by atoms with Crippen molar-refractivity contribution >= 4 is 33.7 Å². The molecule has 9 heteroatoms. The largest absolute Gasteiger partial charge is 0.480 e. The normalized spacial score (nSPS) is 12.5. The average molecular weight is 467 g/mol. The van der Waals surface area contributed by atoms with Crippen molar-refractivity contribution in [2.24, 2.45) is 11.5 Å². The third-order valence-electron chi connectivity index (χ3n) is 4.86. The fourth-order valence-corrected chi connectivity index (χ4v) is 3.25. The van der Waals surface area contributed by atoms with E-state index in [-0.39, 0.29) is 16.8 Å². The molecule has 0 bridgehead atoms. The van der Waals surface area contributed by atoms with Crippen LogP contribution in [0.25, 0.3) is 21.8 Å². The van der Waals surface area contributed by atoms with Crippen LogP contribution in [0, 0.1) is 0 Å². The number of H-pyrrole nitrogens is 2. The summed E-state index contributed by atoms with van der Waals surface area (Å²) in [5.74, 6) is -1.94. The number of hydrogen-bond donors (Lipinski definition) is 6. The maximum absolute atomic E-state index is 10.6. The minimum absolute atomic E-state index is 0. The number of rotatable bonds is 6. The summed E-state index contributed by atoms with van der Waals surface area (Å²) >= 11 is 0. The molecule has 2 heterocycles. The van der Waals surface area contributed by atoms with E-state index in [9.17, 15) is 9.59 Å². The molecule has 2 aromatic heterocycles. The van der Waals surface area contributed by atoms with Crippen molar-refractivity contribution in [3.8, 4) is 0 Å². The molecule has 2 atom stereocenters. The van der Waals surface area contributed by atoms with Gasteiger partial charge in [-0.25, -0.2) is 0 Å². The van der Waals surface area contributed by atoms with Crippen LogP contribution in [0.4, 0.5) is 0 Å². The number of para-hydroxylation sites is 2. The van der Waals surface area contributed by atoms with E-state index in [0.29, 0.717) is 12.8 Å². The first-order valence-corrected chi connectivity index (χ1v) is 9.43. The Morgan fingerprint density at radius 1 is 0.742 bits per heavy atom. The Labute approximate surface area is 188 Å². The number of aromatic amines is 2. The Bertz CT molecular complexity index is 1080. The molecule has 0 unspecified atom stereocenters. The molecule has 4 aromatic rings. The monoisotopic (exact) mass is 467 g/mol. The van der Waals surface area contributed by atoms with Crippen molar-refractivity contribution < 1.29 is 36.6 Å². The number of carboxylic acids is 2. The van der Waals surface area contributed by atoms with Crippen LogP contribution >= 0.6 is 0 Å². The molecule has 31 heavy (non-hydrogen) atoms. The van der Waals surface area contributed by atoms with E-state index in [4.69, 9.17) is 21.7 Å². The van der Waals surface area contributed by atoms with Crippen LogP contribution in [0.15, 0.2) is 60.9 Å². The zero-order valence-corrected chi connectivity index (χ0v) is 17.6. The summed E-state index contributed by atoms with van der Waals surface area (Å²) < 4.78 is 0. The fourth-order valence-electron chi connectivity index (χ4n) is 3.25. The molecule has 0 aliphatic rings. The van der Waals surface area contributed by atoms with Crippen LogP contribution in [0.1, 0.15) is 11.1 Å². The second-order valence-electron chi connectivity index (χ2n) is 7.02. The number of nitrogens with two attached hydrogens (primary N) is 2. The summed E-state index contributed by atoms with van der Waals surface area (Å²) in [6.07, 6.45) is 4.32. The maximum Gasteiger partial charge on any atom is 0.320 e. The molecule has 4 rings (SSSR count). The molecule has 0 saturated carbocycles. The maximum atomic E-state index is 10.6. The molecule has 0 aliphatic carbocycles. The number of nitrogens with one attached hydrogen (secondary N) is 2. The van der Waals surface area contributed by atoms with Gasteiger partial charge in [-0.3, -0.25) is 9.59 Å². The van der Waals surface area contributed by atoms with Crippen molar-refractivity contribution in [3.05, 3.63) is 72.1 Å². The predicted octanol–water partition coefficient (Wildman–Crippen LogP) is 2.24. The van der Waals surface area contributed by atoms with Gasteiger partial charge in [0.15, 0.2) is 0 Å². The van der Waals surface area contributed by atoms with Crippen LogP contribution < -0.4 is 11.5 Å². The average Bonchev–Trinajstić information content (AvgIpc) is 3.33. The molecule has 165 valence electrons. The van der Waals surface area contributed by atoms with Crippen molar-refractivity contribution in [1.82, 2.24) is 9.97 Å². The van der Waals surface area contributed by atoms with Gasteiger partial charge in [0, 0.05) is 63.8 Å². The van der Waals surface area contributed by atoms with E-state index in [2.05, 4.69) is 9.97 Å². The van der Waals surface area contributed by atoms with Gasteiger partial charge >= 0.3 is 11.9 Å². The number of fused-ring (bicyclic) bond motifs is 2. The number of benzene rings is 2. The topological polar surface area (TPSA) is 158 Å². The number of hydrogen-bond acceptors (Lipinski definition) is 4. The zero-order chi connectivity index (χ0) is 21.7. The number of aromatic nitrogens is 2. The first kappa shape index (κ1) is 24.2. The van der Waals surface area contributed by atoms with Gasteiger partial charge in [-0.05, 0) is 23.3 Å². The van der Waals surface area contributed by atoms with Gasteiger partial charge < -0.3 is 31.6 Å². The molecule has 2 aromatic carbocycles. The summed E-state index contributed by atoms with van der Waals surface area (Å²) in [6.45, 7) is 0. The van der Waals surface area contributed by atoms with Gasteiger partial charge in [-0.1, -0.05) is 36.4 Å². The number of carboxylic acid groups (broad SMARTS) is 2. The van der Waals surface area contributed by atoms with Gasteiger partial charge in [0.25, 0.3) is 0 Å². The second kappa shape index (κ2) is 10.8. The summed E-state index contributed by atoms with van der Waals surface area (Å²) in [5, 5.41) is 19.5. The molecule has 1 radical (unpaired) electrons. The third-order valence-corrected chi connectivity index (χ3v) is 4.86. The van der Waals surface area contributed by atoms with Crippen molar-refractivity contribution in [2.75, 3.05) is 0 Å². The van der Waals surface area contributed by atoms with Crippen LogP contribution in [-0.2, 0) is 39.2 Å². The van der Waals surface area contributed by atoms with E-state index >= 15 is 0 Å². The summed E-state index contributed by atoms with van der Waals surface area (Å²) in [4.78, 5) is 27.4.